The number of rotatable bonds is 5. The van der Waals surface area contributed by atoms with Gasteiger partial charge in [0.15, 0.2) is 10.8 Å². The minimum Gasteiger partial charge on any atom is -0.481 e. The molecule has 124 valence electrons. The first-order chi connectivity index (χ1) is 10.8. The lowest BCUT2D eigenvalue weighted by molar-refractivity contribution is -0.176. The van der Waals surface area contributed by atoms with E-state index in [-0.39, 0.29) is 0 Å². The molecule has 0 aliphatic carbocycles. The van der Waals surface area contributed by atoms with Crippen LogP contribution >= 0.6 is 11.6 Å². The molecule has 0 amide bonds. The molecule has 2 fully saturated rings. The SMILES string of the molecule is C[C@@]12C=C[C@@H](O1)[C@]1(C(=O)O)[C@@]2(C(=O)O)[C@H]2C=C[C@]1(CCCCl)O2. The average molecular weight is 341 g/mol. The average Bonchev–Trinajstić information content (AvgIpc) is 3.18. The van der Waals surface area contributed by atoms with Crippen LogP contribution in [0.3, 0.4) is 0 Å². The molecule has 2 saturated heterocycles. The summed E-state index contributed by atoms with van der Waals surface area (Å²) in [5.41, 5.74) is -5.82. The lowest BCUT2D eigenvalue weighted by Crippen LogP contribution is -2.68. The highest BCUT2D eigenvalue weighted by atomic mass is 35.5. The van der Waals surface area contributed by atoms with Crippen LogP contribution in [-0.2, 0) is 19.1 Å². The third-order valence-electron chi connectivity index (χ3n) is 6.12. The smallest absolute Gasteiger partial charge is 0.317 e. The Morgan fingerprint density at radius 1 is 1.09 bits per heavy atom. The zero-order valence-electron chi connectivity index (χ0n) is 12.5. The lowest BCUT2D eigenvalue weighted by atomic mass is 9.45. The number of ether oxygens (including phenoxy) is 2. The largest absolute Gasteiger partial charge is 0.481 e. The van der Waals surface area contributed by atoms with E-state index in [1.54, 1.807) is 31.2 Å². The van der Waals surface area contributed by atoms with Crippen molar-refractivity contribution in [1.29, 1.82) is 0 Å². The van der Waals surface area contributed by atoms with Crippen molar-refractivity contribution in [2.45, 2.75) is 43.2 Å². The standard InChI is InChI=1S/C16H17ClO6/c1-13-6-3-10(22-13)16(12(20)21)14(5-2-8-17)7-4-9(23-14)15(13,16)11(18)19/h3-4,6-7,9-10H,2,5,8H2,1H3,(H,18,19)(H,20,21)/t9-,10-,13+,14+,15-,16-/m1/s1. The Hall–Kier alpha value is -1.37. The Kier molecular flexibility index (Phi) is 2.76. The fourth-order valence-electron chi connectivity index (χ4n) is 5.42. The molecule has 0 radical (unpaired) electrons. The normalized spacial score (nSPS) is 51.4. The molecule has 0 saturated carbocycles. The predicted octanol–water partition coefficient (Wildman–Crippen LogP) is 1.58. The van der Waals surface area contributed by atoms with Crippen LogP contribution in [0, 0.1) is 10.8 Å². The summed E-state index contributed by atoms with van der Waals surface area (Å²) >= 11 is 5.80. The third kappa shape index (κ3) is 1.22. The number of hydrogen-bond donors (Lipinski definition) is 2. The van der Waals surface area contributed by atoms with Gasteiger partial charge < -0.3 is 19.7 Å². The summed E-state index contributed by atoms with van der Waals surface area (Å²) in [5.74, 6) is -2.05. The van der Waals surface area contributed by atoms with Crippen LogP contribution in [0.15, 0.2) is 24.3 Å². The van der Waals surface area contributed by atoms with Gasteiger partial charge in [0.05, 0.1) is 12.2 Å². The first-order valence-corrected chi connectivity index (χ1v) is 8.13. The summed E-state index contributed by atoms with van der Waals surface area (Å²) in [6.07, 6.45) is 5.90. The number of alkyl halides is 1. The van der Waals surface area contributed by atoms with E-state index in [1.165, 1.54) is 0 Å². The zero-order valence-corrected chi connectivity index (χ0v) is 13.2. The maximum absolute atomic E-state index is 12.5. The van der Waals surface area contributed by atoms with E-state index in [0.717, 1.165) is 0 Å². The number of carboxylic acids is 2. The molecule has 0 aromatic rings. The van der Waals surface area contributed by atoms with Gasteiger partial charge in [0.2, 0.25) is 0 Å². The molecule has 4 rings (SSSR count). The van der Waals surface area contributed by atoms with E-state index in [4.69, 9.17) is 21.1 Å². The van der Waals surface area contributed by atoms with Crippen molar-refractivity contribution in [3.63, 3.8) is 0 Å². The van der Waals surface area contributed by atoms with Crippen molar-refractivity contribution in [1.82, 2.24) is 0 Å². The first-order valence-electron chi connectivity index (χ1n) is 7.59. The number of fused-ring (bicyclic) bond motifs is 9. The quantitative estimate of drug-likeness (QED) is 0.583. The van der Waals surface area contributed by atoms with Crippen molar-refractivity contribution in [3.05, 3.63) is 24.3 Å². The zero-order chi connectivity index (χ0) is 16.7. The van der Waals surface area contributed by atoms with Crippen LogP contribution in [-0.4, -0.2) is 51.4 Å². The molecule has 4 bridgehead atoms. The minimum absolute atomic E-state index is 0.342. The molecule has 0 aromatic carbocycles. The molecule has 7 heteroatoms. The lowest BCUT2D eigenvalue weighted by Gasteiger charge is -2.48. The number of hydrogen-bond acceptors (Lipinski definition) is 4. The summed E-state index contributed by atoms with van der Waals surface area (Å²) in [4.78, 5) is 24.9. The number of carbonyl (C=O) groups is 2. The molecule has 4 aliphatic rings. The minimum atomic E-state index is -1.69. The summed E-state index contributed by atoms with van der Waals surface area (Å²) < 4.78 is 12.0. The van der Waals surface area contributed by atoms with Crippen LogP contribution in [0.1, 0.15) is 19.8 Å². The Morgan fingerprint density at radius 3 is 2.30 bits per heavy atom. The molecule has 6 atom stereocenters. The van der Waals surface area contributed by atoms with Crippen LogP contribution < -0.4 is 0 Å². The molecular formula is C16H17ClO6. The van der Waals surface area contributed by atoms with Crippen LogP contribution in [0.25, 0.3) is 0 Å². The highest BCUT2D eigenvalue weighted by Gasteiger charge is 2.92. The molecule has 23 heavy (non-hydrogen) atoms. The van der Waals surface area contributed by atoms with Gasteiger partial charge in [-0.15, -0.1) is 11.6 Å². The molecule has 0 aromatic heterocycles. The van der Waals surface area contributed by atoms with Gasteiger partial charge in [0.25, 0.3) is 0 Å². The molecule has 4 aliphatic heterocycles. The van der Waals surface area contributed by atoms with Crippen LogP contribution in [0.5, 0.6) is 0 Å². The van der Waals surface area contributed by atoms with E-state index < -0.39 is 46.2 Å². The fourth-order valence-corrected chi connectivity index (χ4v) is 5.55. The van der Waals surface area contributed by atoms with E-state index in [9.17, 15) is 19.8 Å². The summed E-state index contributed by atoms with van der Waals surface area (Å²) in [6, 6.07) is 0. The van der Waals surface area contributed by atoms with Gasteiger partial charge in [-0.2, -0.15) is 0 Å². The second-order valence-corrected chi connectivity index (χ2v) is 7.19. The fraction of sp³-hybridized carbons (Fsp3) is 0.625. The monoisotopic (exact) mass is 340 g/mol. The predicted molar refractivity (Wildman–Crippen MR) is 79.3 cm³/mol. The topological polar surface area (TPSA) is 93.1 Å². The van der Waals surface area contributed by atoms with E-state index in [2.05, 4.69) is 0 Å². The second-order valence-electron chi connectivity index (χ2n) is 6.81. The molecule has 0 unspecified atom stereocenters. The molecule has 4 heterocycles. The van der Waals surface area contributed by atoms with Crippen molar-refractivity contribution in [2.24, 2.45) is 10.8 Å². The van der Waals surface area contributed by atoms with Crippen molar-refractivity contribution < 1.29 is 29.3 Å². The summed E-state index contributed by atoms with van der Waals surface area (Å²) in [7, 11) is 0. The molecular weight excluding hydrogens is 324 g/mol. The van der Waals surface area contributed by atoms with Crippen LogP contribution in [0.4, 0.5) is 0 Å². The molecule has 6 nitrogen and oxygen atoms in total. The summed E-state index contributed by atoms with van der Waals surface area (Å²) in [6.45, 7) is 1.63. The van der Waals surface area contributed by atoms with Crippen LogP contribution in [0.2, 0.25) is 0 Å². The Bertz CT molecular complexity index is 673. The van der Waals surface area contributed by atoms with Crippen molar-refractivity contribution in [3.8, 4) is 0 Å². The third-order valence-corrected chi connectivity index (χ3v) is 6.39. The molecule has 2 N–H and O–H groups in total. The highest BCUT2D eigenvalue weighted by Crippen LogP contribution is 2.76. The maximum Gasteiger partial charge on any atom is 0.317 e. The van der Waals surface area contributed by atoms with Crippen molar-refractivity contribution >= 4 is 23.5 Å². The number of aliphatic carboxylic acids is 2. The van der Waals surface area contributed by atoms with E-state index >= 15 is 0 Å². The van der Waals surface area contributed by atoms with E-state index in [0.29, 0.717) is 18.7 Å². The van der Waals surface area contributed by atoms with Gasteiger partial charge in [0, 0.05) is 5.88 Å². The molecule has 0 spiro atoms. The Morgan fingerprint density at radius 2 is 1.70 bits per heavy atom. The van der Waals surface area contributed by atoms with E-state index in [1.807, 2.05) is 0 Å². The second kappa shape index (κ2) is 4.18. The number of carboxylic acid groups (broad SMARTS) is 2. The highest BCUT2D eigenvalue weighted by molar-refractivity contribution is 6.17. The van der Waals surface area contributed by atoms with Crippen molar-refractivity contribution in [2.75, 3.05) is 5.88 Å². The Balaban J connectivity index is 2.03. The van der Waals surface area contributed by atoms with Gasteiger partial charge in [-0.1, -0.05) is 24.3 Å². The number of halogens is 1. The summed E-state index contributed by atoms with van der Waals surface area (Å²) in [5, 5.41) is 20.3. The van der Waals surface area contributed by atoms with Gasteiger partial charge in [-0.05, 0) is 19.8 Å². The first kappa shape index (κ1) is 15.2. The van der Waals surface area contributed by atoms with Gasteiger partial charge in [-0.25, -0.2) is 0 Å². The van der Waals surface area contributed by atoms with Gasteiger partial charge >= 0.3 is 11.9 Å². The van der Waals surface area contributed by atoms with Gasteiger partial charge in [-0.3, -0.25) is 9.59 Å². The maximum atomic E-state index is 12.5. The Labute approximate surface area is 137 Å². The van der Waals surface area contributed by atoms with Gasteiger partial charge in [0.1, 0.15) is 11.2 Å².